The van der Waals surface area contributed by atoms with Gasteiger partial charge in [0.2, 0.25) is 0 Å². The van der Waals surface area contributed by atoms with Crippen molar-refractivity contribution < 1.29 is 18.0 Å². The van der Waals surface area contributed by atoms with Gasteiger partial charge in [0.05, 0.1) is 11.1 Å². The van der Waals surface area contributed by atoms with E-state index in [9.17, 15) is 18.0 Å². The summed E-state index contributed by atoms with van der Waals surface area (Å²) in [6.45, 7) is 1.68. The second kappa shape index (κ2) is 6.92. The fourth-order valence-corrected chi connectivity index (χ4v) is 2.80. The van der Waals surface area contributed by atoms with Gasteiger partial charge in [0.1, 0.15) is 0 Å². The molecule has 1 heterocycles. The van der Waals surface area contributed by atoms with E-state index in [1.807, 2.05) is 20.0 Å². The largest absolute Gasteiger partial charge is 0.416 e. The zero-order valence-corrected chi connectivity index (χ0v) is 14.7. The number of benzene rings is 2. The molecule has 0 bridgehead atoms. The van der Waals surface area contributed by atoms with Crippen LogP contribution in [0, 0.1) is 6.92 Å². The van der Waals surface area contributed by atoms with Crippen LogP contribution in [0.2, 0.25) is 0 Å². The number of carbonyl (C=O) groups is 1. The molecule has 142 valence electrons. The number of hydrogen-bond donors (Lipinski definition) is 3. The summed E-state index contributed by atoms with van der Waals surface area (Å²) in [6.07, 6.45) is -4.55. The Bertz CT molecular complexity index is 1010. The number of alkyl halides is 3. The molecular formula is C18H18F3N5O. The Balaban J connectivity index is 1.78. The van der Waals surface area contributed by atoms with Crippen LogP contribution in [0.4, 0.5) is 29.3 Å². The number of aryl methyl sites for hydroxylation is 2. The summed E-state index contributed by atoms with van der Waals surface area (Å²) in [7, 11) is 1.82. The van der Waals surface area contributed by atoms with E-state index in [1.54, 1.807) is 16.8 Å². The van der Waals surface area contributed by atoms with Crippen molar-refractivity contribution in [3.05, 3.63) is 53.2 Å². The lowest BCUT2D eigenvalue weighted by molar-refractivity contribution is -0.138. The van der Waals surface area contributed by atoms with Crippen LogP contribution in [-0.2, 0) is 19.8 Å². The molecule has 9 heteroatoms. The maximum atomic E-state index is 13.1. The van der Waals surface area contributed by atoms with Crippen molar-refractivity contribution in [2.75, 3.05) is 10.6 Å². The standard InChI is InChI=1S/C18H18F3N5O/c1-10-14-6-5-13(8-16(14)25-26(10)2)24-17(27)23-12-4-3-11(9-22)15(7-12)18(19,20)21/h3-8H,9,22H2,1-2H3,(H2,23,24,27). The maximum absolute atomic E-state index is 13.1. The molecule has 0 radical (unpaired) electrons. The first-order valence-electron chi connectivity index (χ1n) is 8.10. The molecule has 0 saturated carbocycles. The second-order valence-electron chi connectivity index (χ2n) is 6.09. The highest BCUT2D eigenvalue weighted by molar-refractivity contribution is 6.01. The van der Waals surface area contributed by atoms with Gasteiger partial charge in [-0.3, -0.25) is 4.68 Å². The number of halogens is 3. The topological polar surface area (TPSA) is 85.0 Å². The highest BCUT2D eigenvalue weighted by atomic mass is 19.4. The summed E-state index contributed by atoms with van der Waals surface area (Å²) in [5.41, 5.74) is 6.64. The van der Waals surface area contributed by atoms with Gasteiger partial charge in [0, 0.05) is 36.0 Å². The van der Waals surface area contributed by atoms with Crippen LogP contribution in [0.5, 0.6) is 0 Å². The molecule has 1 aromatic heterocycles. The number of rotatable bonds is 3. The second-order valence-corrected chi connectivity index (χ2v) is 6.09. The molecule has 2 aromatic carbocycles. The third-order valence-corrected chi connectivity index (χ3v) is 4.28. The Morgan fingerprint density at radius 3 is 2.41 bits per heavy atom. The minimum atomic E-state index is -4.55. The molecule has 2 amide bonds. The van der Waals surface area contributed by atoms with Gasteiger partial charge >= 0.3 is 12.2 Å². The number of amides is 2. The Hall–Kier alpha value is -3.07. The number of nitrogens with two attached hydrogens (primary N) is 1. The van der Waals surface area contributed by atoms with Crippen molar-refractivity contribution >= 4 is 28.3 Å². The molecule has 0 aliphatic carbocycles. The van der Waals surface area contributed by atoms with Gasteiger partial charge in [-0.15, -0.1) is 0 Å². The van der Waals surface area contributed by atoms with Crippen molar-refractivity contribution in [2.24, 2.45) is 12.8 Å². The molecule has 0 atom stereocenters. The lowest BCUT2D eigenvalue weighted by atomic mass is 10.1. The van der Waals surface area contributed by atoms with Crippen LogP contribution in [0.1, 0.15) is 16.8 Å². The van der Waals surface area contributed by atoms with Crippen molar-refractivity contribution in [1.29, 1.82) is 0 Å². The van der Waals surface area contributed by atoms with E-state index in [2.05, 4.69) is 15.7 Å². The van der Waals surface area contributed by atoms with E-state index < -0.39 is 17.8 Å². The van der Waals surface area contributed by atoms with Gasteiger partial charge in [0.15, 0.2) is 0 Å². The lowest BCUT2D eigenvalue weighted by Crippen LogP contribution is -2.20. The predicted octanol–water partition coefficient (Wildman–Crippen LogP) is 4.00. The molecule has 4 N–H and O–H groups in total. The molecule has 0 saturated heterocycles. The van der Waals surface area contributed by atoms with Crippen molar-refractivity contribution in [1.82, 2.24) is 9.78 Å². The first kappa shape index (κ1) is 18.7. The fourth-order valence-electron chi connectivity index (χ4n) is 2.80. The lowest BCUT2D eigenvalue weighted by Gasteiger charge is -2.14. The minimum absolute atomic E-state index is 0.0202. The quantitative estimate of drug-likeness (QED) is 0.645. The summed E-state index contributed by atoms with van der Waals surface area (Å²) in [4.78, 5) is 12.2. The number of aromatic nitrogens is 2. The molecule has 6 nitrogen and oxygen atoms in total. The van der Waals surface area contributed by atoms with Gasteiger partial charge in [-0.25, -0.2) is 4.79 Å². The van der Waals surface area contributed by atoms with Crippen LogP contribution in [-0.4, -0.2) is 15.8 Å². The number of anilines is 2. The summed E-state index contributed by atoms with van der Waals surface area (Å²) >= 11 is 0. The van der Waals surface area contributed by atoms with Crippen molar-refractivity contribution in [3.63, 3.8) is 0 Å². The number of nitrogens with one attached hydrogen (secondary N) is 2. The van der Waals surface area contributed by atoms with Crippen LogP contribution < -0.4 is 16.4 Å². The maximum Gasteiger partial charge on any atom is 0.416 e. The van der Waals surface area contributed by atoms with E-state index in [0.717, 1.165) is 17.1 Å². The zero-order valence-electron chi connectivity index (χ0n) is 14.7. The molecule has 3 rings (SSSR count). The summed E-state index contributed by atoms with van der Waals surface area (Å²) in [6, 6.07) is 8.06. The monoisotopic (exact) mass is 377 g/mol. The zero-order chi connectivity index (χ0) is 19.8. The number of nitrogens with zero attached hydrogens (tertiary/aromatic N) is 2. The van der Waals surface area contributed by atoms with Gasteiger partial charge in [-0.1, -0.05) is 6.07 Å². The van der Waals surface area contributed by atoms with Crippen molar-refractivity contribution in [3.8, 4) is 0 Å². The SMILES string of the molecule is Cc1c2ccc(NC(=O)Nc3ccc(CN)c(C(F)(F)F)c3)cc2nn1C. The molecule has 0 unspecified atom stereocenters. The highest BCUT2D eigenvalue weighted by Gasteiger charge is 2.33. The molecule has 0 aliphatic rings. The normalized spacial score (nSPS) is 11.6. The molecule has 27 heavy (non-hydrogen) atoms. The summed E-state index contributed by atoms with van der Waals surface area (Å²) < 4.78 is 41.0. The van der Waals surface area contributed by atoms with E-state index in [-0.39, 0.29) is 17.8 Å². The molecule has 3 aromatic rings. The smallest absolute Gasteiger partial charge is 0.326 e. The Kier molecular flexibility index (Phi) is 4.79. The van der Waals surface area contributed by atoms with Crippen LogP contribution in [0.15, 0.2) is 36.4 Å². The van der Waals surface area contributed by atoms with E-state index >= 15 is 0 Å². The van der Waals surface area contributed by atoms with Crippen LogP contribution in [0.25, 0.3) is 10.9 Å². The van der Waals surface area contributed by atoms with Gasteiger partial charge < -0.3 is 16.4 Å². The highest BCUT2D eigenvalue weighted by Crippen LogP contribution is 2.33. The average Bonchev–Trinajstić information content (AvgIpc) is 2.87. The Morgan fingerprint density at radius 1 is 1.15 bits per heavy atom. The molecule has 0 fully saturated rings. The third-order valence-electron chi connectivity index (χ3n) is 4.28. The number of fused-ring (bicyclic) bond motifs is 1. The number of hydrogen-bond acceptors (Lipinski definition) is 3. The Morgan fingerprint density at radius 2 is 1.78 bits per heavy atom. The Labute approximate surface area is 153 Å². The molecule has 0 spiro atoms. The van der Waals surface area contributed by atoms with Crippen molar-refractivity contribution in [2.45, 2.75) is 19.6 Å². The predicted molar refractivity (Wildman–Crippen MR) is 97.4 cm³/mol. The number of urea groups is 1. The molecular weight excluding hydrogens is 359 g/mol. The number of carbonyl (C=O) groups excluding carboxylic acids is 1. The van der Waals surface area contributed by atoms with E-state index in [1.165, 1.54) is 12.1 Å². The molecule has 0 aliphatic heterocycles. The van der Waals surface area contributed by atoms with Crippen LogP contribution >= 0.6 is 0 Å². The fraction of sp³-hybridized carbons (Fsp3) is 0.222. The first-order chi connectivity index (χ1) is 12.7. The van der Waals surface area contributed by atoms with Gasteiger partial charge in [-0.05, 0) is 42.8 Å². The van der Waals surface area contributed by atoms with Crippen LogP contribution in [0.3, 0.4) is 0 Å². The minimum Gasteiger partial charge on any atom is -0.326 e. The van der Waals surface area contributed by atoms with Gasteiger partial charge in [-0.2, -0.15) is 18.3 Å². The van der Waals surface area contributed by atoms with E-state index in [0.29, 0.717) is 11.2 Å². The summed E-state index contributed by atoms with van der Waals surface area (Å²) in [5.74, 6) is 0. The first-order valence-corrected chi connectivity index (χ1v) is 8.10. The van der Waals surface area contributed by atoms with Gasteiger partial charge in [0.25, 0.3) is 0 Å². The van der Waals surface area contributed by atoms with E-state index in [4.69, 9.17) is 5.73 Å². The average molecular weight is 377 g/mol. The summed E-state index contributed by atoms with van der Waals surface area (Å²) in [5, 5.41) is 10.3. The third kappa shape index (κ3) is 3.87.